The first-order chi connectivity index (χ1) is 25.7. The highest BCUT2D eigenvalue weighted by Crippen LogP contribution is 2.15. The van der Waals surface area contributed by atoms with Crippen molar-refractivity contribution in [3.8, 4) is 0 Å². The van der Waals surface area contributed by atoms with Crippen LogP contribution >= 0.6 is 0 Å². The summed E-state index contributed by atoms with van der Waals surface area (Å²) in [6.45, 7) is 10.3. The lowest BCUT2D eigenvalue weighted by Gasteiger charge is -2.19. The van der Waals surface area contributed by atoms with E-state index in [1.54, 1.807) is 41.5 Å². The minimum Gasteiger partial charge on any atom is -0.477 e. The first kappa shape index (κ1) is 40.2. The lowest BCUT2D eigenvalue weighted by molar-refractivity contribution is 0.00504. The molecule has 6 rings (SSSR count). The number of ether oxygens (including phenoxy) is 4. The standard InChI is InChI=1S/C12H14N4O4.C11H12N4O4.C8H6N4O4/c1-12(2,3)20-9(17)7-5-8(10(18)19-4)16-11(15-7)13-6-14-16;1-11(2,3)19-9(18)6-4-7(8(16)17)15-10(14-6)12-5-13-15;1-16-7(15)5-2-4(6(13)14)11-8-9-3-10-12(5)8/h5-6H,1-4H3;4-5H,1-3H3,(H,16,17);2-3H,1H3,(H,13,14). The maximum absolute atomic E-state index is 12.0. The SMILES string of the molecule is CC(C)(C)OC(=O)c1cc(C(=O)O)n2ncnc2n1.COC(=O)c1cc(C(=O)O)nc2ncnn12.COC(=O)c1cc(C(=O)OC(C)(C)C)nc2ncnn12. The van der Waals surface area contributed by atoms with Crippen molar-refractivity contribution < 1.29 is 57.9 Å². The van der Waals surface area contributed by atoms with E-state index in [-0.39, 0.29) is 51.5 Å². The smallest absolute Gasteiger partial charge is 0.357 e. The van der Waals surface area contributed by atoms with Crippen molar-refractivity contribution in [3.05, 3.63) is 71.3 Å². The Labute approximate surface area is 308 Å². The maximum Gasteiger partial charge on any atom is 0.357 e. The number of nitrogens with zero attached hydrogens (tertiary/aromatic N) is 12. The third-order valence-corrected chi connectivity index (χ3v) is 6.20. The number of carboxylic acid groups (broad SMARTS) is 2. The molecule has 288 valence electrons. The minimum atomic E-state index is -1.25. The van der Waals surface area contributed by atoms with Gasteiger partial charge in [-0.05, 0) is 41.5 Å². The number of carboxylic acids is 2. The van der Waals surface area contributed by atoms with E-state index in [4.69, 9.17) is 19.7 Å². The normalized spacial score (nSPS) is 11.1. The minimum absolute atomic E-state index is 0.0270. The Balaban J connectivity index is 0.000000185. The molecule has 55 heavy (non-hydrogen) atoms. The Hall–Kier alpha value is -7.53. The first-order valence-electron chi connectivity index (χ1n) is 15.4. The van der Waals surface area contributed by atoms with Crippen LogP contribution in [0.1, 0.15) is 104 Å². The van der Waals surface area contributed by atoms with Crippen molar-refractivity contribution in [2.45, 2.75) is 52.7 Å². The lowest BCUT2D eigenvalue weighted by atomic mass is 10.2. The summed E-state index contributed by atoms with van der Waals surface area (Å²) < 4.78 is 22.8. The lowest BCUT2D eigenvalue weighted by Crippen LogP contribution is -2.25. The molecule has 6 aromatic heterocycles. The summed E-state index contributed by atoms with van der Waals surface area (Å²) in [6.07, 6.45) is 3.56. The number of esters is 4. The van der Waals surface area contributed by atoms with E-state index >= 15 is 0 Å². The molecule has 0 aromatic carbocycles. The van der Waals surface area contributed by atoms with Crippen LogP contribution in [-0.4, -0.2) is 130 Å². The fraction of sp³-hybridized carbons (Fsp3) is 0.323. The zero-order chi connectivity index (χ0) is 40.8. The van der Waals surface area contributed by atoms with Gasteiger partial charge in [-0.3, -0.25) is 0 Å². The fourth-order valence-corrected chi connectivity index (χ4v) is 4.07. The van der Waals surface area contributed by atoms with Gasteiger partial charge in [-0.1, -0.05) is 0 Å². The van der Waals surface area contributed by atoms with E-state index in [0.29, 0.717) is 0 Å². The van der Waals surface area contributed by atoms with E-state index in [1.807, 2.05) is 0 Å². The van der Waals surface area contributed by atoms with Gasteiger partial charge in [0.05, 0.1) is 14.2 Å². The number of aromatic nitrogens is 12. The van der Waals surface area contributed by atoms with Crippen molar-refractivity contribution >= 4 is 53.1 Å². The molecular formula is C31H32N12O12. The van der Waals surface area contributed by atoms with Gasteiger partial charge in [0.25, 0.3) is 17.3 Å². The van der Waals surface area contributed by atoms with Crippen molar-refractivity contribution in [2.75, 3.05) is 14.2 Å². The molecule has 0 bridgehead atoms. The fourth-order valence-electron chi connectivity index (χ4n) is 4.07. The Morgan fingerprint density at radius 3 is 1.16 bits per heavy atom. The van der Waals surface area contributed by atoms with Crippen molar-refractivity contribution in [1.82, 2.24) is 58.7 Å². The van der Waals surface area contributed by atoms with E-state index in [2.05, 4.69) is 54.7 Å². The summed E-state index contributed by atoms with van der Waals surface area (Å²) in [5, 5.41) is 29.2. The highest BCUT2D eigenvalue weighted by molar-refractivity contribution is 5.94. The van der Waals surface area contributed by atoms with Gasteiger partial charge in [0.2, 0.25) is 0 Å². The van der Waals surface area contributed by atoms with Gasteiger partial charge in [0.15, 0.2) is 34.2 Å². The van der Waals surface area contributed by atoms with Crippen LogP contribution in [0.5, 0.6) is 0 Å². The van der Waals surface area contributed by atoms with E-state index in [1.165, 1.54) is 37.5 Å². The summed E-state index contributed by atoms with van der Waals surface area (Å²) in [6, 6.07) is 3.45. The largest absolute Gasteiger partial charge is 0.477 e. The highest BCUT2D eigenvalue weighted by atomic mass is 16.6. The van der Waals surface area contributed by atoms with Crippen LogP contribution in [0.2, 0.25) is 0 Å². The van der Waals surface area contributed by atoms with Gasteiger partial charge < -0.3 is 29.2 Å². The molecule has 24 heteroatoms. The number of methoxy groups -OCH3 is 2. The number of carbonyl (C=O) groups excluding carboxylic acids is 4. The van der Waals surface area contributed by atoms with Gasteiger partial charge in [-0.15, -0.1) is 0 Å². The van der Waals surface area contributed by atoms with E-state index < -0.39 is 47.0 Å². The third kappa shape index (κ3) is 9.87. The van der Waals surface area contributed by atoms with E-state index in [0.717, 1.165) is 27.5 Å². The molecule has 6 aromatic rings. The molecule has 0 aliphatic carbocycles. The molecule has 0 spiro atoms. The maximum atomic E-state index is 12.0. The van der Waals surface area contributed by atoms with Crippen LogP contribution in [-0.2, 0) is 18.9 Å². The topological polar surface area (TPSA) is 309 Å². The first-order valence-corrected chi connectivity index (χ1v) is 15.4. The Bertz CT molecular complexity index is 2440. The van der Waals surface area contributed by atoms with Crippen LogP contribution in [0.25, 0.3) is 17.3 Å². The molecule has 0 radical (unpaired) electrons. The monoisotopic (exact) mass is 764 g/mol. The summed E-state index contributed by atoms with van der Waals surface area (Å²) in [5.74, 6) is -5.02. The number of carbonyl (C=O) groups is 6. The number of aromatic carboxylic acids is 2. The number of hydrogen-bond acceptors (Lipinski definition) is 19. The predicted molar refractivity (Wildman–Crippen MR) is 179 cm³/mol. The quantitative estimate of drug-likeness (QED) is 0.178. The van der Waals surface area contributed by atoms with Crippen molar-refractivity contribution in [3.63, 3.8) is 0 Å². The van der Waals surface area contributed by atoms with Crippen LogP contribution in [0.3, 0.4) is 0 Å². The molecule has 0 aliphatic heterocycles. The molecule has 0 amide bonds. The zero-order valence-electron chi connectivity index (χ0n) is 30.3. The molecule has 0 saturated heterocycles. The summed E-state index contributed by atoms with van der Waals surface area (Å²) >= 11 is 0. The molecule has 0 fully saturated rings. The molecule has 0 atom stereocenters. The second kappa shape index (κ2) is 16.0. The van der Waals surface area contributed by atoms with Gasteiger partial charge in [-0.25, -0.2) is 43.7 Å². The summed E-state index contributed by atoms with van der Waals surface area (Å²) in [5.41, 5.74) is -1.98. The third-order valence-electron chi connectivity index (χ3n) is 6.20. The van der Waals surface area contributed by atoms with Gasteiger partial charge in [0.1, 0.15) is 30.2 Å². The van der Waals surface area contributed by atoms with Crippen molar-refractivity contribution in [1.29, 1.82) is 0 Å². The zero-order valence-corrected chi connectivity index (χ0v) is 30.3. The number of rotatable bonds is 6. The summed E-state index contributed by atoms with van der Waals surface area (Å²) in [4.78, 5) is 91.7. The molecule has 24 nitrogen and oxygen atoms in total. The molecule has 0 saturated carbocycles. The summed E-state index contributed by atoms with van der Waals surface area (Å²) in [7, 11) is 2.42. The Morgan fingerprint density at radius 2 is 0.836 bits per heavy atom. The van der Waals surface area contributed by atoms with Crippen LogP contribution in [0.15, 0.2) is 37.2 Å². The van der Waals surface area contributed by atoms with Gasteiger partial charge in [0, 0.05) is 18.2 Å². The second-order valence-electron chi connectivity index (χ2n) is 12.6. The Kier molecular flexibility index (Phi) is 11.7. The molecule has 6 heterocycles. The van der Waals surface area contributed by atoms with E-state index in [9.17, 15) is 28.8 Å². The van der Waals surface area contributed by atoms with Gasteiger partial charge >= 0.3 is 35.8 Å². The second-order valence-corrected chi connectivity index (χ2v) is 12.6. The molecule has 0 aliphatic rings. The number of hydrogen-bond donors (Lipinski definition) is 2. The van der Waals surface area contributed by atoms with Crippen molar-refractivity contribution in [2.24, 2.45) is 0 Å². The highest BCUT2D eigenvalue weighted by Gasteiger charge is 2.25. The molecule has 0 unspecified atom stereocenters. The average Bonchev–Trinajstić information content (AvgIpc) is 3.89. The Morgan fingerprint density at radius 1 is 0.509 bits per heavy atom. The van der Waals surface area contributed by atoms with Crippen LogP contribution in [0, 0.1) is 0 Å². The number of fused-ring (bicyclic) bond motifs is 3. The molecular weight excluding hydrogens is 732 g/mol. The predicted octanol–water partition coefficient (Wildman–Crippen LogP) is 1.25. The average molecular weight is 765 g/mol. The molecule has 2 N–H and O–H groups in total. The van der Waals surface area contributed by atoms with Crippen LogP contribution in [0.4, 0.5) is 0 Å². The van der Waals surface area contributed by atoms with Crippen LogP contribution < -0.4 is 0 Å². The van der Waals surface area contributed by atoms with Gasteiger partial charge in [-0.2, -0.15) is 43.8 Å².